The van der Waals surface area contributed by atoms with Gasteiger partial charge in [-0.15, -0.1) is 0 Å². The molecule has 122 valence electrons. The molecule has 0 unspecified atom stereocenters. The van der Waals surface area contributed by atoms with Gasteiger partial charge in [0.15, 0.2) is 0 Å². The minimum absolute atomic E-state index is 0.100. The Hall–Kier alpha value is -1.33. The molecule has 0 saturated heterocycles. The predicted molar refractivity (Wildman–Crippen MR) is 84.4 cm³/mol. The number of benzene rings is 1. The number of rotatable bonds is 4. The lowest BCUT2D eigenvalue weighted by molar-refractivity contribution is 0.0465. The lowest BCUT2D eigenvalue weighted by Gasteiger charge is -2.36. The lowest BCUT2D eigenvalue weighted by atomic mass is 9.86. The summed E-state index contributed by atoms with van der Waals surface area (Å²) in [5.41, 5.74) is -0.0136. The molecule has 1 saturated carbocycles. The van der Waals surface area contributed by atoms with Crippen LogP contribution in [0.15, 0.2) is 18.2 Å². The smallest absolute Gasteiger partial charge is 0.407 e. The normalized spacial score (nSPS) is 21.1. The van der Waals surface area contributed by atoms with Gasteiger partial charge in [-0.05, 0) is 45.7 Å². The van der Waals surface area contributed by atoms with E-state index in [9.17, 15) is 9.18 Å². The Kier molecular flexibility index (Phi) is 5.29. The summed E-state index contributed by atoms with van der Waals surface area (Å²) in [5.74, 6) is -0.303. The molecule has 1 aromatic rings. The van der Waals surface area contributed by atoms with Gasteiger partial charge in [0.1, 0.15) is 11.4 Å². The number of carbonyl (C=O) groups is 1. The van der Waals surface area contributed by atoms with Gasteiger partial charge in [-0.3, -0.25) is 0 Å². The molecule has 1 aliphatic rings. The summed E-state index contributed by atoms with van der Waals surface area (Å²) in [5, 5.41) is 6.50. The van der Waals surface area contributed by atoms with Crippen LogP contribution in [0, 0.1) is 5.82 Å². The Morgan fingerprint density at radius 1 is 1.36 bits per heavy atom. The van der Waals surface area contributed by atoms with E-state index in [1.165, 1.54) is 6.07 Å². The monoisotopic (exact) mass is 328 g/mol. The molecule has 0 spiro atoms. The molecule has 2 rings (SSSR count). The largest absolute Gasteiger partial charge is 0.444 e. The van der Waals surface area contributed by atoms with Crippen molar-refractivity contribution in [2.24, 2.45) is 0 Å². The van der Waals surface area contributed by atoms with Crippen LogP contribution in [-0.2, 0) is 11.3 Å². The number of hydrogen-bond acceptors (Lipinski definition) is 3. The highest BCUT2D eigenvalue weighted by Crippen LogP contribution is 2.23. The van der Waals surface area contributed by atoms with Crippen LogP contribution in [0.4, 0.5) is 9.18 Å². The molecular formula is C16H22ClFN2O2. The van der Waals surface area contributed by atoms with Crippen molar-refractivity contribution < 1.29 is 13.9 Å². The quantitative estimate of drug-likeness (QED) is 0.887. The van der Waals surface area contributed by atoms with Gasteiger partial charge in [0.25, 0.3) is 0 Å². The van der Waals surface area contributed by atoms with Crippen LogP contribution in [0.1, 0.15) is 39.2 Å². The zero-order valence-electron chi connectivity index (χ0n) is 13.1. The number of alkyl carbamates (subject to hydrolysis) is 1. The van der Waals surface area contributed by atoms with Gasteiger partial charge < -0.3 is 15.4 Å². The molecule has 1 aliphatic carbocycles. The van der Waals surface area contributed by atoms with Crippen molar-refractivity contribution in [1.29, 1.82) is 0 Å². The topological polar surface area (TPSA) is 50.4 Å². The summed E-state index contributed by atoms with van der Waals surface area (Å²) in [6.45, 7) is 5.87. The molecule has 1 aromatic carbocycles. The number of nitrogens with one attached hydrogen (secondary N) is 2. The van der Waals surface area contributed by atoms with E-state index in [-0.39, 0.29) is 17.9 Å². The van der Waals surface area contributed by atoms with Crippen molar-refractivity contribution in [2.45, 2.75) is 57.8 Å². The van der Waals surface area contributed by atoms with Crippen molar-refractivity contribution in [3.05, 3.63) is 34.6 Å². The van der Waals surface area contributed by atoms with E-state index in [0.717, 1.165) is 12.8 Å². The first-order valence-corrected chi connectivity index (χ1v) is 7.78. The Balaban J connectivity index is 1.71. The zero-order valence-corrected chi connectivity index (χ0v) is 13.8. The molecule has 6 heteroatoms. The maximum absolute atomic E-state index is 13.6. The van der Waals surface area contributed by atoms with Gasteiger partial charge >= 0.3 is 6.09 Å². The predicted octanol–water partition coefficient (Wildman–Crippen LogP) is 3.62. The number of amides is 1. The summed E-state index contributed by atoms with van der Waals surface area (Å²) < 4.78 is 18.8. The third-order valence-corrected chi connectivity index (χ3v) is 3.84. The number of halogens is 2. The van der Waals surface area contributed by atoms with Crippen molar-refractivity contribution in [1.82, 2.24) is 10.6 Å². The molecule has 4 nitrogen and oxygen atoms in total. The standard InChI is InChI=1S/C16H22ClFN2O2/c1-16(2,3)22-15(21)20-11-7-10(8-11)19-9-12-13(17)5-4-6-14(12)18/h4-6,10-11,19H,7-9H2,1-3H3,(H,20,21). The van der Waals surface area contributed by atoms with E-state index in [1.807, 2.05) is 20.8 Å². The van der Waals surface area contributed by atoms with E-state index in [0.29, 0.717) is 17.1 Å². The van der Waals surface area contributed by atoms with Gasteiger partial charge in [-0.25, -0.2) is 9.18 Å². The van der Waals surface area contributed by atoms with Crippen LogP contribution in [-0.4, -0.2) is 23.8 Å². The fraction of sp³-hybridized carbons (Fsp3) is 0.562. The minimum atomic E-state index is -0.493. The van der Waals surface area contributed by atoms with E-state index in [1.54, 1.807) is 12.1 Å². The van der Waals surface area contributed by atoms with Gasteiger partial charge in [-0.2, -0.15) is 0 Å². The second-order valence-electron chi connectivity index (χ2n) is 6.59. The molecule has 2 N–H and O–H groups in total. The highest BCUT2D eigenvalue weighted by Gasteiger charge is 2.31. The number of hydrogen-bond donors (Lipinski definition) is 2. The summed E-state index contributed by atoms with van der Waals surface area (Å²) in [4.78, 5) is 11.6. The number of carbonyl (C=O) groups excluding carboxylic acids is 1. The summed E-state index contributed by atoms with van der Waals surface area (Å²) in [6.07, 6.45) is 1.20. The van der Waals surface area contributed by atoms with Crippen LogP contribution < -0.4 is 10.6 Å². The summed E-state index contributed by atoms with van der Waals surface area (Å²) in [6, 6.07) is 5.01. The molecule has 0 atom stereocenters. The van der Waals surface area contributed by atoms with Gasteiger partial charge in [0.05, 0.1) is 0 Å². The number of ether oxygens (including phenoxy) is 1. The molecule has 1 fully saturated rings. The first kappa shape index (κ1) is 17.0. The van der Waals surface area contributed by atoms with E-state index < -0.39 is 11.7 Å². The van der Waals surface area contributed by atoms with Crippen LogP contribution in [0.3, 0.4) is 0 Å². The van der Waals surface area contributed by atoms with Crippen molar-refractivity contribution in [3.63, 3.8) is 0 Å². The summed E-state index contributed by atoms with van der Waals surface area (Å²) in [7, 11) is 0. The molecule has 1 amide bonds. The maximum atomic E-state index is 13.6. The first-order valence-electron chi connectivity index (χ1n) is 7.40. The average Bonchev–Trinajstić information content (AvgIpc) is 2.32. The lowest BCUT2D eigenvalue weighted by Crippen LogP contribution is -2.53. The first-order chi connectivity index (χ1) is 10.2. The fourth-order valence-corrected chi connectivity index (χ4v) is 2.55. The van der Waals surface area contributed by atoms with Crippen LogP contribution in [0.5, 0.6) is 0 Å². The second-order valence-corrected chi connectivity index (χ2v) is 7.00. The Labute approximate surface area is 135 Å². The highest BCUT2D eigenvalue weighted by molar-refractivity contribution is 6.31. The maximum Gasteiger partial charge on any atom is 0.407 e. The zero-order chi connectivity index (χ0) is 16.3. The molecule has 22 heavy (non-hydrogen) atoms. The third-order valence-electron chi connectivity index (χ3n) is 3.49. The third kappa shape index (κ3) is 4.85. The molecule has 0 radical (unpaired) electrons. The van der Waals surface area contributed by atoms with E-state index in [4.69, 9.17) is 16.3 Å². The molecular weight excluding hydrogens is 307 g/mol. The van der Waals surface area contributed by atoms with Gasteiger partial charge in [0, 0.05) is 29.2 Å². The highest BCUT2D eigenvalue weighted by atomic mass is 35.5. The Morgan fingerprint density at radius 2 is 2.05 bits per heavy atom. The van der Waals surface area contributed by atoms with Crippen molar-refractivity contribution in [2.75, 3.05) is 0 Å². The second kappa shape index (κ2) is 6.84. The van der Waals surface area contributed by atoms with Gasteiger partial charge in [0.2, 0.25) is 0 Å². The fourth-order valence-electron chi connectivity index (χ4n) is 2.32. The van der Waals surface area contributed by atoms with Gasteiger partial charge in [-0.1, -0.05) is 17.7 Å². The molecule has 0 aromatic heterocycles. The van der Waals surface area contributed by atoms with E-state index >= 15 is 0 Å². The molecule has 0 heterocycles. The van der Waals surface area contributed by atoms with Crippen LogP contribution in [0.2, 0.25) is 5.02 Å². The Morgan fingerprint density at radius 3 is 2.64 bits per heavy atom. The van der Waals surface area contributed by atoms with Crippen molar-refractivity contribution >= 4 is 17.7 Å². The van der Waals surface area contributed by atoms with E-state index in [2.05, 4.69) is 10.6 Å². The van der Waals surface area contributed by atoms with Crippen molar-refractivity contribution in [3.8, 4) is 0 Å². The average molecular weight is 329 g/mol. The van der Waals surface area contributed by atoms with Crippen LogP contribution in [0.25, 0.3) is 0 Å². The summed E-state index contributed by atoms with van der Waals surface area (Å²) >= 11 is 5.98. The minimum Gasteiger partial charge on any atom is -0.444 e. The molecule has 0 aliphatic heterocycles. The SMILES string of the molecule is CC(C)(C)OC(=O)NC1CC(NCc2c(F)cccc2Cl)C1. The van der Waals surface area contributed by atoms with Crippen LogP contribution >= 0.6 is 11.6 Å². The molecule has 0 bridgehead atoms. The Bertz CT molecular complexity index is 519.